The van der Waals surface area contributed by atoms with Gasteiger partial charge in [-0.1, -0.05) is 0 Å². The van der Waals surface area contributed by atoms with Crippen molar-refractivity contribution in [3.8, 4) is 0 Å². The Hall–Kier alpha value is -1.25. The molecule has 1 atom stereocenters. The van der Waals surface area contributed by atoms with Crippen molar-refractivity contribution in [3.05, 3.63) is 24.3 Å². The fourth-order valence-electron chi connectivity index (χ4n) is 1.35. The molecule has 0 amide bonds. The summed E-state index contributed by atoms with van der Waals surface area (Å²) in [6, 6.07) is 4.89. The second kappa shape index (κ2) is 6.78. The fourth-order valence-corrected chi connectivity index (χ4v) is 2.07. The van der Waals surface area contributed by atoms with Crippen molar-refractivity contribution in [1.82, 2.24) is 0 Å². The number of sulfone groups is 1. The Morgan fingerprint density at radius 2 is 1.89 bits per heavy atom. The van der Waals surface area contributed by atoms with Crippen LogP contribution in [0, 0.1) is 0 Å². The molecule has 0 aromatic heterocycles. The molecule has 0 spiro atoms. The Morgan fingerprint density at radius 3 is 2.37 bits per heavy atom. The van der Waals surface area contributed by atoms with Crippen LogP contribution in [0.2, 0.25) is 0 Å². The number of hydrogen-bond acceptors (Lipinski definition) is 5. The molecule has 8 heteroatoms. The van der Waals surface area contributed by atoms with Gasteiger partial charge in [0.15, 0.2) is 0 Å². The normalized spacial score (nSPS) is 13.5. The minimum atomic E-state index is -4.56. The van der Waals surface area contributed by atoms with E-state index in [9.17, 15) is 22.3 Å². The Kier molecular flexibility index (Phi) is 5.64. The maximum Gasteiger partial charge on any atom is 0.341 e. The topological polar surface area (TPSA) is 75.6 Å². The van der Waals surface area contributed by atoms with E-state index in [-0.39, 0.29) is 13.2 Å². The van der Waals surface area contributed by atoms with Crippen LogP contribution in [-0.4, -0.2) is 45.6 Å². The zero-order chi connectivity index (χ0) is 14.5. The molecule has 108 valence electrons. The zero-order valence-electron chi connectivity index (χ0n) is 10.2. The summed E-state index contributed by atoms with van der Waals surface area (Å²) in [5.41, 5.74) is 0.517. The summed E-state index contributed by atoms with van der Waals surface area (Å²) in [4.78, 5) is -0.439. The first kappa shape index (κ1) is 15.8. The van der Waals surface area contributed by atoms with Crippen LogP contribution in [0.4, 0.5) is 14.5 Å². The quantitative estimate of drug-likeness (QED) is 0.788. The molecule has 0 heterocycles. The first-order valence-electron chi connectivity index (χ1n) is 5.41. The molecule has 0 aliphatic heterocycles. The largest absolute Gasteiger partial charge is 0.389 e. The van der Waals surface area contributed by atoms with Crippen LogP contribution >= 0.6 is 0 Å². The van der Waals surface area contributed by atoms with Gasteiger partial charge in [0.1, 0.15) is 0 Å². The molecule has 1 unspecified atom stereocenters. The molecule has 0 saturated carbocycles. The molecular weight excluding hydrogens is 280 g/mol. The Labute approximate surface area is 110 Å². The molecule has 0 aliphatic rings. The number of benzene rings is 1. The zero-order valence-corrected chi connectivity index (χ0v) is 11.0. The van der Waals surface area contributed by atoms with Gasteiger partial charge in [-0.2, -0.15) is 8.78 Å². The van der Waals surface area contributed by atoms with E-state index in [0.29, 0.717) is 5.69 Å². The van der Waals surface area contributed by atoms with E-state index >= 15 is 0 Å². The average molecular weight is 295 g/mol. The number of alkyl halides is 2. The highest BCUT2D eigenvalue weighted by atomic mass is 32.2. The highest BCUT2D eigenvalue weighted by Gasteiger charge is 2.26. The smallest absolute Gasteiger partial charge is 0.341 e. The monoisotopic (exact) mass is 295 g/mol. The van der Waals surface area contributed by atoms with E-state index in [0.717, 1.165) is 12.1 Å². The number of anilines is 1. The van der Waals surface area contributed by atoms with Crippen molar-refractivity contribution in [2.75, 3.05) is 25.6 Å². The molecule has 0 fully saturated rings. The Morgan fingerprint density at radius 1 is 1.32 bits per heavy atom. The van der Waals surface area contributed by atoms with Gasteiger partial charge in [-0.05, 0) is 24.3 Å². The lowest BCUT2D eigenvalue weighted by molar-refractivity contribution is 0.0727. The van der Waals surface area contributed by atoms with Crippen LogP contribution in [-0.2, 0) is 14.6 Å². The summed E-state index contributed by atoms with van der Waals surface area (Å²) < 4.78 is 51.6. The number of hydrogen-bond donors (Lipinski definition) is 2. The van der Waals surface area contributed by atoms with Gasteiger partial charge in [-0.3, -0.25) is 0 Å². The van der Waals surface area contributed by atoms with Gasteiger partial charge in [0.25, 0.3) is 0 Å². The van der Waals surface area contributed by atoms with E-state index < -0.39 is 26.6 Å². The third-order valence-electron chi connectivity index (χ3n) is 2.32. The van der Waals surface area contributed by atoms with Gasteiger partial charge < -0.3 is 15.2 Å². The second-order valence-electron chi connectivity index (χ2n) is 3.82. The van der Waals surface area contributed by atoms with Gasteiger partial charge in [0, 0.05) is 19.3 Å². The molecule has 19 heavy (non-hydrogen) atoms. The summed E-state index contributed by atoms with van der Waals surface area (Å²) in [5, 5.41) is 12.2. The number of methoxy groups -OCH3 is 1. The van der Waals surface area contributed by atoms with Crippen molar-refractivity contribution in [2.24, 2.45) is 0 Å². The van der Waals surface area contributed by atoms with Crippen molar-refractivity contribution in [3.63, 3.8) is 0 Å². The minimum absolute atomic E-state index is 0.158. The first-order valence-corrected chi connectivity index (χ1v) is 6.95. The maximum atomic E-state index is 12.3. The highest BCUT2D eigenvalue weighted by Crippen LogP contribution is 2.20. The van der Waals surface area contributed by atoms with E-state index in [1.807, 2.05) is 0 Å². The lowest BCUT2D eigenvalue weighted by Crippen LogP contribution is -2.24. The predicted molar refractivity (Wildman–Crippen MR) is 66.0 cm³/mol. The van der Waals surface area contributed by atoms with Crippen LogP contribution < -0.4 is 5.32 Å². The lowest BCUT2D eigenvalue weighted by atomic mass is 10.3. The molecule has 1 aromatic rings. The van der Waals surface area contributed by atoms with Gasteiger partial charge in [0.05, 0.1) is 17.6 Å². The van der Waals surface area contributed by atoms with Crippen LogP contribution in [0.15, 0.2) is 29.2 Å². The molecule has 0 saturated heterocycles. The number of aliphatic hydroxyl groups is 1. The standard InChI is InChI=1S/C11H15F2NO4S/c1-18-7-9(15)6-14-8-2-4-10(5-3-8)19(16,17)11(12)13/h2-5,9,11,14-15H,6-7H2,1H3. The van der Waals surface area contributed by atoms with Crippen molar-refractivity contribution in [2.45, 2.75) is 16.8 Å². The second-order valence-corrected chi connectivity index (χ2v) is 5.74. The maximum absolute atomic E-state index is 12.3. The Balaban J connectivity index is 2.67. The summed E-state index contributed by atoms with van der Waals surface area (Å²) in [6.07, 6.45) is -0.713. The number of nitrogens with one attached hydrogen (secondary N) is 1. The summed E-state index contributed by atoms with van der Waals surface area (Å²) in [5.74, 6) is -3.44. The van der Waals surface area contributed by atoms with Crippen LogP contribution in [0.1, 0.15) is 0 Å². The van der Waals surface area contributed by atoms with E-state index in [1.165, 1.54) is 19.2 Å². The molecular formula is C11H15F2NO4S. The summed E-state index contributed by atoms with van der Waals surface area (Å²) >= 11 is 0. The first-order chi connectivity index (χ1) is 8.87. The molecule has 2 N–H and O–H groups in total. The number of aliphatic hydroxyl groups excluding tert-OH is 1. The van der Waals surface area contributed by atoms with Gasteiger partial charge in [0.2, 0.25) is 9.84 Å². The lowest BCUT2D eigenvalue weighted by Gasteiger charge is -2.12. The summed E-state index contributed by atoms with van der Waals surface area (Å²) in [7, 11) is -3.11. The van der Waals surface area contributed by atoms with Gasteiger partial charge >= 0.3 is 5.76 Å². The van der Waals surface area contributed by atoms with E-state index in [2.05, 4.69) is 5.32 Å². The number of ether oxygens (including phenoxy) is 1. The molecule has 1 rings (SSSR count). The van der Waals surface area contributed by atoms with Crippen molar-refractivity contribution >= 4 is 15.5 Å². The van der Waals surface area contributed by atoms with Crippen LogP contribution in [0.25, 0.3) is 0 Å². The van der Waals surface area contributed by atoms with Crippen LogP contribution in [0.3, 0.4) is 0 Å². The third-order valence-corrected chi connectivity index (χ3v) is 3.72. The van der Waals surface area contributed by atoms with Crippen molar-refractivity contribution < 1.29 is 27.0 Å². The Bertz CT molecular complexity index is 490. The molecule has 1 aromatic carbocycles. The van der Waals surface area contributed by atoms with E-state index in [4.69, 9.17) is 4.74 Å². The molecule has 5 nitrogen and oxygen atoms in total. The van der Waals surface area contributed by atoms with E-state index in [1.54, 1.807) is 0 Å². The highest BCUT2D eigenvalue weighted by molar-refractivity contribution is 7.91. The minimum Gasteiger partial charge on any atom is -0.389 e. The molecule has 0 bridgehead atoms. The fraction of sp³-hybridized carbons (Fsp3) is 0.455. The number of rotatable bonds is 7. The molecule has 0 radical (unpaired) electrons. The van der Waals surface area contributed by atoms with Gasteiger partial charge in [-0.25, -0.2) is 8.42 Å². The third kappa shape index (κ3) is 4.41. The van der Waals surface area contributed by atoms with Crippen molar-refractivity contribution in [1.29, 1.82) is 0 Å². The molecule has 0 aliphatic carbocycles. The summed E-state index contributed by atoms with van der Waals surface area (Å²) in [6.45, 7) is 0.361. The SMILES string of the molecule is COCC(O)CNc1ccc(S(=O)(=O)C(F)F)cc1. The average Bonchev–Trinajstić information content (AvgIpc) is 2.37. The number of halogens is 2. The predicted octanol–water partition coefficient (Wildman–Crippen LogP) is 1.10. The van der Waals surface area contributed by atoms with Crippen LogP contribution in [0.5, 0.6) is 0 Å². The van der Waals surface area contributed by atoms with Gasteiger partial charge in [-0.15, -0.1) is 0 Å².